The first kappa shape index (κ1) is 28.4. The second-order valence-corrected chi connectivity index (χ2v) is 10.8. The minimum atomic E-state index is -3.72. The van der Waals surface area contributed by atoms with Crippen LogP contribution in [0.1, 0.15) is 51.7 Å². The molecule has 2 aromatic carbocycles. The number of sulfonamides is 1. The van der Waals surface area contributed by atoms with Crippen LogP contribution in [0.15, 0.2) is 54.6 Å². The van der Waals surface area contributed by atoms with E-state index in [0.717, 1.165) is 34.5 Å². The van der Waals surface area contributed by atoms with E-state index >= 15 is 0 Å². The minimum Gasteiger partial charge on any atom is -0.352 e. The van der Waals surface area contributed by atoms with Gasteiger partial charge in [-0.05, 0) is 55.9 Å². The van der Waals surface area contributed by atoms with Crippen LogP contribution in [-0.4, -0.2) is 56.6 Å². The molecule has 0 bridgehead atoms. The lowest BCUT2D eigenvalue weighted by Crippen LogP contribution is -2.54. The van der Waals surface area contributed by atoms with E-state index in [1.807, 2.05) is 70.2 Å². The molecule has 0 spiro atoms. The van der Waals surface area contributed by atoms with Gasteiger partial charge in [-0.3, -0.25) is 13.9 Å². The molecule has 0 fully saturated rings. The SMILES string of the molecule is CCc1ccc(N(CC(=O)N(CCc2ccccc2)[C@H](CC)C(=O)N[C@@H](C)CC)S(C)(=O)=O)cc1. The summed E-state index contributed by atoms with van der Waals surface area (Å²) in [7, 11) is -3.72. The summed E-state index contributed by atoms with van der Waals surface area (Å²) in [5, 5.41) is 2.98. The summed E-state index contributed by atoms with van der Waals surface area (Å²) in [4.78, 5) is 28.2. The normalized spacial score (nSPS) is 13.1. The third-order valence-corrected chi connectivity index (χ3v) is 7.32. The number of aryl methyl sites for hydroxylation is 1. The summed E-state index contributed by atoms with van der Waals surface area (Å²) in [6, 6.07) is 16.2. The number of hydrogen-bond donors (Lipinski definition) is 1. The Labute approximate surface area is 210 Å². The number of nitrogens with one attached hydrogen (secondary N) is 1. The van der Waals surface area contributed by atoms with E-state index in [1.54, 1.807) is 12.1 Å². The van der Waals surface area contributed by atoms with E-state index in [-0.39, 0.29) is 18.5 Å². The Morgan fingerprint density at radius 3 is 2.06 bits per heavy atom. The zero-order chi connectivity index (χ0) is 26.0. The van der Waals surface area contributed by atoms with E-state index in [2.05, 4.69) is 5.32 Å². The van der Waals surface area contributed by atoms with Crippen molar-refractivity contribution in [2.75, 3.05) is 23.7 Å². The molecule has 0 aliphatic carbocycles. The first-order valence-corrected chi connectivity index (χ1v) is 14.2. The molecule has 2 aromatic rings. The second-order valence-electron chi connectivity index (χ2n) is 8.85. The van der Waals surface area contributed by atoms with Crippen LogP contribution in [0.25, 0.3) is 0 Å². The molecule has 2 atom stereocenters. The smallest absolute Gasteiger partial charge is 0.244 e. The predicted molar refractivity (Wildman–Crippen MR) is 142 cm³/mol. The Balaban J connectivity index is 2.35. The number of benzene rings is 2. The maximum Gasteiger partial charge on any atom is 0.244 e. The maximum atomic E-state index is 13.6. The van der Waals surface area contributed by atoms with Crippen molar-refractivity contribution in [3.63, 3.8) is 0 Å². The number of anilines is 1. The van der Waals surface area contributed by atoms with Crippen LogP contribution in [0.2, 0.25) is 0 Å². The monoisotopic (exact) mass is 501 g/mol. The average Bonchev–Trinajstić information content (AvgIpc) is 2.84. The Morgan fingerprint density at radius 1 is 0.914 bits per heavy atom. The van der Waals surface area contributed by atoms with Gasteiger partial charge in [0.05, 0.1) is 11.9 Å². The van der Waals surface area contributed by atoms with Crippen molar-refractivity contribution in [3.8, 4) is 0 Å². The Morgan fingerprint density at radius 2 is 1.54 bits per heavy atom. The van der Waals surface area contributed by atoms with E-state index in [0.29, 0.717) is 25.1 Å². The van der Waals surface area contributed by atoms with Crippen LogP contribution in [0.4, 0.5) is 5.69 Å². The van der Waals surface area contributed by atoms with Gasteiger partial charge in [-0.1, -0.05) is 63.2 Å². The van der Waals surface area contributed by atoms with Crippen LogP contribution >= 0.6 is 0 Å². The molecule has 0 radical (unpaired) electrons. The number of rotatable bonds is 13. The zero-order valence-electron chi connectivity index (χ0n) is 21.5. The van der Waals surface area contributed by atoms with Crippen molar-refractivity contribution in [1.29, 1.82) is 0 Å². The predicted octanol–water partition coefficient (Wildman–Crippen LogP) is 3.78. The van der Waals surface area contributed by atoms with Gasteiger partial charge in [0.15, 0.2) is 0 Å². The standard InChI is InChI=1S/C27H39N3O4S/c1-6-21(4)28-27(32)25(8-3)29(19-18-23-12-10-9-11-13-23)26(31)20-30(35(5,33)34)24-16-14-22(7-2)15-17-24/h9-17,21,25H,6-8,18-20H2,1-5H3,(H,28,32)/t21-,25+/m0/s1. The molecule has 2 amide bonds. The van der Waals surface area contributed by atoms with Crippen LogP contribution in [0.5, 0.6) is 0 Å². The van der Waals surface area contributed by atoms with Crippen molar-refractivity contribution in [3.05, 3.63) is 65.7 Å². The van der Waals surface area contributed by atoms with Gasteiger partial charge in [0, 0.05) is 12.6 Å². The summed E-state index contributed by atoms with van der Waals surface area (Å²) in [6.07, 6.45) is 3.68. The summed E-state index contributed by atoms with van der Waals surface area (Å²) in [5.41, 5.74) is 2.54. The van der Waals surface area contributed by atoms with Crippen LogP contribution < -0.4 is 9.62 Å². The molecule has 0 unspecified atom stereocenters. The van der Waals surface area contributed by atoms with E-state index in [9.17, 15) is 18.0 Å². The number of carbonyl (C=O) groups is 2. The Hall–Kier alpha value is -2.87. The largest absolute Gasteiger partial charge is 0.352 e. The fourth-order valence-electron chi connectivity index (χ4n) is 3.85. The first-order valence-electron chi connectivity index (χ1n) is 12.3. The summed E-state index contributed by atoms with van der Waals surface area (Å²) >= 11 is 0. The molecule has 0 heterocycles. The number of carbonyl (C=O) groups excluding carboxylic acids is 2. The lowest BCUT2D eigenvalue weighted by atomic mass is 10.1. The van der Waals surface area contributed by atoms with Crippen molar-refractivity contribution >= 4 is 27.5 Å². The first-order chi connectivity index (χ1) is 16.6. The van der Waals surface area contributed by atoms with Crippen LogP contribution in [-0.2, 0) is 32.5 Å². The fourth-order valence-corrected chi connectivity index (χ4v) is 4.70. The van der Waals surface area contributed by atoms with Crippen molar-refractivity contribution in [1.82, 2.24) is 10.2 Å². The average molecular weight is 502 g/mol. The van der Waals surface area contributed by atoms with E-state index in [4.69, 9.17) is 0 Å². The van der Waals surface area contributed by atoms with Crippen LogP contribution in [0.3, 0.4) is 0 Å². The van der Waals surface area contributed by atoms with Gasteiger partial charge < -0.3 is 10.2 Å². The number of nitrogens with zero attached hydrogens (tertiary/aromatic N) is 2. The van der Waals surface area contributed by atoms with Crippen LogP contribution in [0, 0.1) is 0 Å². The van der Waals surface area contributed by atoms with Gasteiger partial charge in [-0.2, -0.15) is 0 Å². The molecule has 8 heteroatoms. The van der Waals surface area contributed by atoms with Gasteiger partial charge in [-0.25, -0.2) is 8.42 Å². The quantitative estimate of drug-likeness (QED) is 0.453. The highest BCUT2D eigenvalue weighted by Gasteiger charge is 2.31. The maximum absolute atomic E-state index is 13.6. The highest BCUT2D eigenvalue weighted by atomic mass is 32.2. The Kier molecular flexibility index (Phi) is 10.8. The molecule has 35 heavy (non-hydrogen) atoms. The molecular formula is C27H39N3O4S. The van der Waals surface area contributed by atoms with Crippen molar-refractivity contribution < 1.29 is 18.0 Å². The number of amides is 2. The van der Waals surface area contributed by atoms with Crippen molar-refractivity contribution in [2.24, 2.45) is 0 Å². The van der Waals surface area contributed by atoms with Gasteiger partial charge in [0.25, 0.3) is 0 Å². The minimum absolute atomic E-state index is 0.0211. The van der Waals surface area contributed by atoms with Gasteiger partial charge in [0.1, 0.15) is 12.6 Å². The molecule has 1 N–H and O–H groups in total. The molecule has 7 nitrogen and oxygen atoms in total. The topological polar surface area (TPSA) is 86.8 Å². The highest BCUT2D eigenvalue weighted by molar-refractivity contribution is 7.92. The summed E-state index contributed by atoms with van der Waals surface area (Å²) in [5.74, 6) is -0.626. The molecule has 2 rings (SSSR count). The van der Waals surface area contributed by atoms with Gasteiger partial charge in [0.2, 0.25) is 21.8 Å². The lowest BCUT2D eigenvalue weighted by molar-refractivity contribution is -0.139. The molecule has 192 valence electrons. The van der Waals surface area contributed by atoms with E-state index < -0.39 is 22.0 Å². The fraction of sp³-hybridized carbons (Fsp3) is 0.481. The highest BCUT2D eigenvalue weighted by Crippen LogP contribution is 2.20. The zero-order valence-corrected chi connectivity index (χ0v) is 22.3. The summed E-state index contributed by atoms with van der Waals surface area (Å²) in [6.45, 7) is 7.73. The van der Waals surface area contributed by atoms with Gasteiger partial charge in [-0.15, -0.1) is 0 Å². The molecule has 0 aliphatic rings. The van der Waals surface area contributed by atoms with E-state index in [1.165, 1.54) is 4.90 Å². The van der Waals surface area contributed by atoms with Gasteiger partial charge >= 0.3 is 0 Å². The molecule has 0 saturated heterocycles. The summed E-state index contributed by atoms with van der Waals surface area (Å²) < 4.78 is 26.4. The molecule has 0 aliphatic heterocycles. The molecule has 0 saturated carbocycles. The number of hydrogen-bond acceptors (Lipinski definition) is 4. The second kappa shape index (κ2) is 13.3. The third-order valence-electron chi connectivity index (χ3n) is 6.18. The Bertz CT molecular complexity index is 1060. The third kappa shape index (κ3) is 8.38. The lowest BCUT2D eigenvalue weighted by Gasteiger charge is -2.33. The molecular weight excluding hydrogens is 462 g/mol. The van der Waals surface area contributed by atoms with Crippen molar-refractivity contribution in [2.45, 2.75) is 65.5 Å². The molecule has 0 aromatic heterocycles.